The van der Waals surface area contributed by atoms with Crippen molar-refractivity contribution in [2.45, 2.75) is 38.5 Å². The largest absolute Gasteiger partial charge is 0.481 e. The summed E-state index contributed by atoms with van der Waals surface area (Å²) in [5.41, 5.74) is 0. The summed E-state index contributed by atoms with van der Waals surface area (Å²) >= 11 is 0. The Hall–Kier alpha value is -1.30. The number of urea groups is 1. The van der Waals surface area contributed by atoms with Crippen molar-refractivity contribution in [1.29, 1.82) is 0 Å². The third kappa shape index (κ3) is 5.53. The third-order valence-electron chi connectivity index (χ3n) is 4.57. The first-order valence-electron chi connectivity index (χ1n) is 8.12. The van der Waals surface area contributed by atoms with Gasteiger partial charge >= 0.3 is 12.0 Å². The topological polar surface area (TPSA) is 72.9 Å². The predicted octanol–water partition coefficient (Wildman–Crippen LogP) is 1.37. The molecule has 2 N–H and O–H groups in total. The molecule has 2 amide bonds. The Labute approximate surface area is 126 Å². The first-order chi connectivity index (χ1) is 10.1. The molecule has 2 fully saturated rings. The number of carbonyl (C=O) groups excluding carboxylic acids is 1. The van der Waals surface area contributed by atoms with E-state index < -0.39 is 5.97 Å². The Morgan fingerprint density at radius 3 is 2.33 bits per heavy atom. The van der Waals surface area contributed by atoms with Gasteiger partial charge in [0.1, 0.15) is 0 Å². The molecular weight excluding hydrogens is 270 g/mol. The van der Waals surface area contributed by atoms with Crippen LogP contribution >= 0.6 is 0 Å². The highest BCUT2D eigenvalue weighted by atomic mass is 16.4. The van der Waals surface area contributed by atoms with E-state index in [1.807, 2.05) is 4.90 Å². The number of nitrogens with one attached hydrogen (secondary N) is 1. The molecule has 1 aliphatic heterocycles. The fraction of sp³-hybridized carbons (Fsp3) is 0.867. The minimum Gasteiger partial charge on any atom is -0.481 e. The molecule has 0 atom stereocenters. The molecule has 0 aromatic heterocycles. The monoisotopic (exact) mass is 297 g/mol. The van der Waals surface area contributed by atoms with Crippen LogP contribution in [-0.2, 0) is 4.79 Å². The molecule has 0 spiro atoms. The van der Waals surface area contributed by atoms with Gasteiger partial charge < -0.3 is 15.3 Å². The summed E-state index contributed by atoms with van der Waals surface area (Å²) < 4.78 is 0. The second-order valence-electron chi connectivity index (χ2n) is 6.16. The molecule has 120 valence electrons. The number of piperazine rings is 1. The molecule has 0 unspecified atom stereocenters. The highest BCUT2D eigenvalue weighted by Crippen LogP contribution is 2.22. The standard InChI is InChI=1S/C15H27N3O3/c19-14(20)6-7-17-8-10-18(11-9-17)15(21)16-12-13-4-2-1-3-5-13/h13H,1-12H2,(H,16,21)(H,19,20). The maximum atomic E-state index is 12.1. The minimum absolute atomic E-state index is 0.0402. The molecular formula is C15H27N3O3. The number of carboxylic acid groups (broad SMARTS) is 1. The molecule has 2 rings (SSSR count). The summed E-state index contributed by atoms with van der Waals surface area (Å²) in [6, 6.07) is 0.0402. The first kappa shape index (κ1) is 16.1. The van der Waals surface area contributed by atoms with Gasteiger partial charge in [-0.1, -0.05) is 19.3 Å². The van der Waals surface area contributed by atoms with E-state index in [4.69, 9.17) is 5.11 Å². The molecule has 0 aromatic carbocycles. The van der Waals surface area contributed by atoms with Gasteiger partial charge in [0.25, 0.3) is 0 Å². The number of aliphatic carboxylic acids is 1. The number of amides is 2. The average Bonchev–Trinajstić information content (AvgIpc) is 2.52. The third-order valence-corrected chi connectivity index (χ3v) is 4.57. The van der Waals surface area contributed by atoms with Crippen molar-refractivity contribution in [3.05, 3.63) is 0 Å². The lowest BCUT2D eigenvalue weighted by atomic mass is 9.89. The summed E-state index contributed by atoms with van der Waals surface area (Å²) in [4.78, 5) is 26.6. The quantitative estimate of drug-likeness (QED) is 0.804. The summed E-state index contributed by atoms with van der Waals surface area (Å²) in [6.07, 6.45) is 6.58. The molecule has 2 aliphatic rings. The Kier molecular flexibility index (Phi) is 6.29. The van der Waals surface area contributed by atoms with Crippen LogP contribution in [-0.4, -0.2) is 66.2 Å². The van der Waals surface area contributed by atoms with Gasteiger partial charge in [-0.3, -0.25) is 9.69 Å². The fourth-order valence-electron chi connectivity index (χ4n) is 3.16. The van der Waals surface area contributed by atoms with Gasteiger partial charge in [0.2, 0.25) is 0 Å². The first-order valence-corrected chi connectivity index (χ1v) is 8.12. The Bertz CT molecular complexity index is 348. The number of carbonyl (C=O) groups is 2. The van der Waals surface area contributed by atoms with Crippen LogP contribution < -0.4 is 5.32 Å². The van der Waals surface area contributed by atoms with Crippen molar-refractivity contribution in [3.63, 3.8) is 0 Å². The predicted molar refractivity (Wildman–Crippen MR) is 80.2 cm³/mol. The van der Waals surface area contributed by atoms with Crippen LogP contribution in [0.4, 0.5) is 4.79 Å². The lowest BCUT2D eigenvalue weighted by Crippen LogP contribution is -2.52. The van der Waals surface area contributed by atoms with Crippen molar-refractivity contribution in [1.82, 2.24) is 15.1 Å². The van der Waals surface area contributed by atoms with Crippen LogP contribution in [0.2, 0.25) is 0 Å². The number of hydrogen-bond acceptors (Lipinski definition) is 3. The van der Waals surface area contributed by atoms with Crippen LogP contribution in [0.5, 0.6) is 0 Å². The molecule has 6 nitrogen and oxygen atoms in total. The highest BCUT2D eigenvalue weighted by Gasteiger charge is 2.22. The van der Waals surface area contributed by atoms with Crippen LogP contribution in [0.15, 0.2) is 0 Å². The second-order valence-corrected chi connectivity index (χ2v) is 6.16. The van der Waals surface area contributed by atoms with E-state index in [2.05, 4.69) is 10.2 Å². The van der Waals surface area contributed by atoms with Crippen molar-refractivity contribution in [2.75, 3.05) is 39.3 Å². The molecule has 1 saturated carbocycles. The van der Waals surface area contributed by atoms with Crippen LogP contribution in [0.1, 0.15) is 38.5 Å². The van der Waals surface area contributed by atoms with Crippen molar-refractivity contribution < 1.29 is 14.7 Å². The van der Waals surface area contributed by atoms with Gasteiger partial charge in [-0.2, -0.15) is 0 Å². The fourth-order valence-corrected chi connectivity index (χ4v) is 3.16. The van der Waals surface area contributed by atoms with Crippen molar-refractivity contribution >= 4 is 12.0 Å². The van der Waals surface area contributed by atoms with Gasteiger partial charge in [-0.05, 0) is 18.8 Å². The van der Waals surface area contributed by atoms with Gasteiger partial charge in [0.15, 0.2) is 0 Å². The van der Waals surface area contributed by atoms with Crippen molar-refractivity contribution in [2.24, 2.45) is 5.92 Å². The van der Waals surface area contributed by atoms with E-state index in [0.29, 0.717) is 25.6 Å². The van der Waals surface area contributed by atoms with Gasteiger partial charge in [0, 0.05) is 39.3 Å². The van der Waals surface area contributed by atoms with E-state index in [1.54, 1.807) is 0 Å². The maximum Gasteiger partial charge on any atom is 0.317 e. The van der Waals surface area contributed by atoms with Crippen LogP contribution in [0.25, 0.3) is 0 Å². The van der Waals surface area contributed by atoms with E-state index in [1.165, 1.54) is 32.1 Å². The molecule has 1 saturated heterocycles. The van der Waals surface area contributed by atoms with Crippen molar-refractivity contribution in [3.8, 4) is 0 Å². The lowest BCUT2D eigenvalue weighted by Gasteiger charge is -2.34. The zero-order chi connectivity index (χ0) is 15.1. The maximum absolute atomic E-state index is 12.1. The van der Waals surface area contributed by atoms with E-state index in [9.17, 15) is 9.59 Å². The molecule has 1 heterocycles. The molecule has 0 bridgehead atoms. The zero-order valence-electron chi connectivity index (χ0n) is 12.7. The Balaban J connectivity index is 1.62. The molecule has 0 aromatic rings. The van der Waals surface area contributed by atoms with Gasteiger partial charge in [-0.15, -0.1) is 0 Å². The summed E-state index contributed by atoms with van der Waals surface area (Å²) in [7, 11) is 0. The number of rotatable bonds is 5. The Morgan fingerprint density at radius 2 is 1.71 bits per heavy atom. The summed E-state index contributed by atoms with van der Waals surface area (Å²) in [6.45, 7) is 4.30. The number of carboxylic acids is 1. The van der Waals surface area contributed by atoms with Gasteiger partial charge in [0.05, 0.1) is 6.42 Å². The molecule has 1 aliphatic carbocycles. The Morgan fingerprint density at radius 1 is 1.05 bits per heavy atom. The van der Waals surface area contributed by atoms with E-state index in [0.717, 1.165) is 19.6 Å². The van der Waals surface area contributed by atoms with E-state index >= 15 is 0 Å². The normalized spacial score (nSPS) is 21.2. The second kappa shape index (κ2) is 8.22. The summed E-state index contributed by atoms with van der Waals surface area (Å²) in [5, 5.41) is 11.7. The molecule has 6 heteroatoms. The molecule has 0 radical (unpaired) electrons. The van der Waals surface area contributed by atoms with Gasteiger partial charge in [-0.25, -0.2) is 4.79 Å². The van der Waals surface area contributed by atoms with E-state index in [-0.39, 0.29) is 12.5 Å². The smallest absolute Gasteiger partial charge is 0.317 e. The average molecular weight is 297 g/mol. The number of hydrogen-bond donors (Lipinski definition) is 2. The van der Waals surface area contributed by atoms with Crippen LogP contribution in [0.3, 0.4) is 0 Å². The summed E-state index contributed by atoms with van der Waals surface area (Å²) in [5.74, 6) is -0.109. The zero-order valence-corrected chi connectivity index (χ0v) is 12.7. The minimum atomic E-state index is -0.761. The lowest BCUT2D eigenvalue weighted by molar-refractivity contribution is -0.137. The number of nitrogens with zero attached hydrogens (tertiary/aromatic N) is 2. The molecule has 21 heavy (non-hydrogen) atoms. The van der Waals surface area contributed by atoms with Crippen LogP contribution in [0, 0.1) is 5.92 Å². The highest BCUT2D eigenvalue weighted by molar-refractivity contribution is 5.74. The SMILES string of the molecule is O=C(O)CCN1CCN(C(=O)NCC2CCCCC2)CC1.